The van der Waals surface area contributed by atoms with Crippen LogP contribution in [-0.2, 0) is 14.6 Å². The van der Waals surface area contributed by atoms with E-state index in [9.17, 15) is 13.2 Å². The van der Waals surface area contributed by atoms with Gasteiger partial charge in [-0.25, -0.2) is 8.42 Å². The Kier molecular flexibility index (Phi) is 3.16. The van der Waals surface area contributed by atoms with Crippen molar-refractivity contribution >= 4 is 15.7 Å². The molecule has 0 unspecified atom stereocenters. The van der Waals surface area contributed by atoms with E-state index in [2.05, 4.69) is 5.32 Å². The Morgan fingerprint density at radius 1 is 1.50 bits per heavy atom. The van der Waals surface area contributed by atoms with Crippen LogP contribution in [0.1, 0.15) is 19.3 Å². The highest BCUT2D eigenvalue weighted by atomic mass is 32.2. The second-order valence-corrected chi connectivity index (χ2v) is 6.05. The standard InChI is InChI=1S/C8H15NO4S/c1-14(12,13)5-7(11)9-8(6-10)3-2-4-8/h10H,2-6H2,1H3,(H,9,11). The van der Waals surface area contributed by atoms with Gasteiger partial charge >= 0.3 is 0 Å². The van der Waals surface area contributed by atoms with E-state index >= 15 is 0 Å². The van der Waals surface area contributed by atoms with Crippen LogP contribution in [0.25, 0.3) is 0 Å². The number of aliphatic hydroxyl groups excluding tert-OH is 1. The van der Waals surface area contributed by atoms with Crippen molar-refractivity contribution in [3.63, 3.8) is 0 Å². The maximum absolute atomic E-state index is 11.2. The molecule has 1 aliphatic rings. The van der Waals surface area contributed by atoms with E-state index in [-0.39, 0.29) is 6.61 Å². The molecule has 0 aromatic rings. The average molecular weight is 221 g/mol. The Bertz CT molecular complexity index is 313. The van der Waals surface area contributed by atoms with Crippen molar-refractivity contribution in [2.24, 2.45) is 0 Å². The van der Waals surface area contributed by atoms with Crippen LogP contribution in [0.15, 0.2) is 0 Å². The third-order valence-corrected chi connectivity index (χ3v) is 3.20. The molecule has 1 aliphatic carbocycles. The van der Waals surface area contributed by atoms with Crippen LogP contribution in [0.5, 0.6) is 0 Å². The monoisotopic (exact) mass is 221 g/mol. The third-order valence-electron chi connectivity index (χ3n) is 2.41. The summed E-state index contributed by atoms with van der Waals surface area (Å²) in [6.45, 7) is -0.123. The second kappa shape index (κ2) is 3.86. The molecule has 0 saturated heterocycles. The Morgan fingerprint density at radius 2 is 2.07 bits per heavy atom. The Labute approximate surface area is 83.4 Å². The molecule has 0 radical (unpaired) electrons. The van der Waals surface area contributed by atoms with Crippen LogP contribution in [0.2, 0.25) is 0 Å². The summed E-state index contributed by atoms with van der Waals surface area (Å²) in [7, 11) is -3.28. The van der Waals surface area contributed by atoms with Crippen LogP contribution in [0.3, 0.4) is 0 Å². The molecule has 0 aromatic heterocycles. The van der Waals surface area contributed by atoms with Crippen molar-refractivity contribution in [3.05, 3.63) is 0 Å². The first-order valence-corrected chi connectivity index (χ1v) is 6.53. The number of amides is 1. The van der Waals surface area contributed by atoms with Crippen molar-refractivity contribution in [1.82, 2.24) is 5.32 Å². The second-order valence-electron chi connectivity index (χ2n) is 3.91. The summed E-state index contributed by atoms with van der Waals surface area (Å²) < 4.78 is 21.6. The molecule has 0 atom stereocenters. The maximum Gasteiger partial charge on any atom is 0.235 e. The number of nitrogens with one attached hydrogen (secondary N) is 1. The summed E-state index contributed by atoms with van der Waals surface area (Å²) >= 11 is 0. The molecule has 0 heterocycles. The lowest BCUT2D eigenvalue weighted by molar-refractivity contribution is -0.122. The molecule has 2 N–H and O–H groups in total. The minimum absolute atomic E-state index is 0.123. The lowest BCUT2D eigenvalue weighted by Crippen LogP contribution is -2.57. The molecule has 0 aromatic carbocycles. The van der Waals surface area contributed by atoms with Gasteiger partial charge in [0.25, 0.3) is 0 Å². The number of carbonyl (C=O) groups excluding carboxylic acids is 1. The number of rotatable bonds is 4. The molecule has 6 heteroatoms. The number of carbonyl (C=O) groups is 1. The van der Waals surface area contributed by atoms with Gasteiger partial charge in [0.1, 0.15) is 5.75 Å². The molecular formula is C8H15NO4S. The van der Waals surface area contributed by atoms with Gasteiger partial charge in [-0.3, -0.25) is 4.79 Å². The summed E-state index contributed by atoms with van der Waals surface area (Å²) in [5, 5.41) is 11.6. The zero-order chi connectivity index (χ0) is 10.8. The smallest absolute Gasteiger partial charge is 0.235 e. The van der Waals surface area contributed by atoms with E-state index in [1.54, 1.807) is 0 Å². The predicted molar refractivity (Wildman–Crippen MR) is 51.5 cm³/mol. The fourth-order valence-corrected chi connectivity index (χ4v) is 2.04. The molecule has 1 amide bonds. The number of sulfone groups is 1. The number of hydrogen-bond donors (Lipinski definition) is 2. The summed E-state index contributed by atoms with van der Waals surface area (Å²) in [6, 6.07) is 0. The predicted octanol–water partition coefficient (Wildman–Crippen LogP) is -0.938. The fourth-order valence-electron chi connectivity index (χ4n) is 1.50. The van der Waals surface area contributed by atoms with Crippen LogP contribution >= 0.6 is 0 Å². The van der Waals surface area contributed by atoms with Crippen LogP contribution in [0, 0.1) is 0 Å². The van der Waals surface area contributed by atoms with E-state index in [0.29, 0.717) is 0 Å². The Morgan fingerprint density at radius 3 is 2.36 bits per heavy atom. The van der Waals surface area contributed by atoms with Gasteiger partial charge in [-0.05, 0) is 19.3 Å². The molecule has 0 spiro atoms. The zero-order valence-corrected chi connectivity index (χ0v) is 8.93. The normalized spacial score (nSPS) is 19.9. The summed E-state index contributed by atoms with van der Waals surface area (Å²) in [4.78, 5) is 11.2. The largest absolute Gasteiger partial charge is 0.394 e. The molecule has 14 heavy (non-hydrogen) atoms. The van der Waals surface area contributed by atoms with E-state index in [1.165, 1.54) is 0 Å². The van der Waals surface area contributed by atoms with Crippen molar-refractivity contribution in [3.8, 4) is 0 Å². The maximum atomic E-state index is 11.2. The van der Waals surface area contributed by atoms with Gasteiger partial charge < -0.3 is 10.4 Å². The molecule has 1 saturated carbocycles. The molecule has 1 fully saturated rings. The number of aliphatic hydroxyl groups is 1. The van der Waals surface area contributed by atoms with Crippen molar-refractivity contribution in [1.29, 1.82) is 0 Å². The van der Waals surface area contributed by atoms with Crippen LogP contribution in [-0.4, -0.2) is 43.6 Å². The first-order valence-electron chi connectivity index (χ1n) is 4.46. The first-order chi connectivity index (χ1) is 6.37. The topological polar surface area (TPSA) is 83.5 Å². The van der Waals surface area contributed by atoms with Crippen molar-refractivity contribution < 1.29 is 18.3 Å². The van der Waals surface area contributed by atoms with Crippen molar-refractivity contribution in [2.75, 3.05) is 18.6 Å². The quantitative estimate of drug-likeness (QED) is 0.642. The van der Waals surface area contributed by atoms with Gasteiger partial charge in [-0.2, -0.15) is 0 Å². The van der Waals surface area contributed by atoms with E-state index in [4.69, 9.17) is 5.11 Å². The first kappa shape index (κ1) is 11.5. The van der Waals surface area contributed by atoms with E-state index in [0.717, 1.165) is 25.5 Å². The zero-order valence-electron chi connectivity index (χ0n) is 8.12. The van der Waals surface area contributed by atoms with Gasteiger partial charge in [0, 0.05) is 6.26 Å². The molecule has 1 rings (SSSR count). The van der Waals surface area contributed by atoms with Crippen LogP contribution in [0.4, 0.5) is 0 Å². The van der Waals surface area contributed by atoms with Crippen LogP contribution < -0.4 is 5.32 Å². The average Bonchev–Trinajstić information content (AvgIpc) is 1.93. The van der Waals surface area contributed by atoms with Gasteiger partial charge in [-0.1, -0.05) is 0 Å². The van der Waals surface area contributed by atoms with Crippen molar-refractivity contribution in [2.45, 2.75) is 24.8 Å². The highest BCUT2D eigenvalue weighted by molar-refractivity contribution is 7.91. The number of hydrogen-bond acceptors (Lipinski definition) is 4. The van der Waals surface area contributed by atoms with Gasteiger partial charge in [0.05, 0.1) is 12.1 Å². The third kappa shape index (κ3) is 2.95. The lowest BCUT2D eigenvalue weighted by atomic mass is 9.77. The fraction of sp³-hybridized carbons (Fsp3) is 0.875. The molecule has 82 valence electrons. The Hall–Kier alpha value is -0.620. The highest BCUT2D eigenvalue weighted by Gasteiger charge is 2.37. The molecule has 0 aliphatic heterocycles. The van der Waals surface area contributed by atoms with Gasteiger partial charge in [0.2, 0.25) is 5.91 Å². The summed E-state index contributed by atoms with van der Waals surface area (Å²) in [6.07, 6.45) is 3.41. The highest BCUT2D eigenvalue weighted by Crippen LogP contribution is 2.30. The summed E-state index contributed by atoms with van der Waals surface area (Å²) in [5.41, 5.74) is -0.554. The van der Waals surface area contributed by atoms with Gasteiger partial charge in [0.15, 0.2) is 9.84 Å². The SMILES string of the molecule is CS(=O)(=O)CC(=O)NC1(CO)CCC1. The lowest BCUT2D eigenvalue weighted by Gasteiger charge is -2.40. The van der Waals surface area contributed by atoms with E-state index in [1.807, 2.05) is 0 Å². The van der Waals surface area contributed by atoms with Gasteiger partial charge in [-0.15, -0.1) is 0 Å². The van der Waals surface area contributed by atoms with E-state index < -0.39 is 27.0 Å². The molecule has 0 bridgehead atoms. The molecular weight excluding hydrogens is 206 g/mol. The minimum Gasteiger partial charge on any atom is -0.394 e. The summed E-state index contributed by atoms with van der Waals surface area (Å²) in [5.74, 6) is -1.03. The minimum atomic E-state index is -3.28. The molecule has 5 nitrogen and oxygen atoms in total. The Balaban J connectivity index is 2.48.